The van der Waals surface area contributed by atoms with Crippen molar-refractivity contribution in [3.63, 3.8) is 0 Å². The molecule has 2 aliphatic rings. The van der Waals surface area contributed by atoms with Gasteiger partial charge in [-0.2, -0.15) is 0 Å². The summed E-state index contributed by atoms with van der Waals surface area (Å²) in [4.78, 5) is 10.6. The van der Waals surface area contributed by atoms with Gasteiger partial charge in [0.05, 0.1) is 0 Å². The largest absolute Gasteiger partial charge is 0.456 e. The number of fused-ring (bicyclic) bond motifs is 7. The first kappa shape index (κ1) is 28.1. The normalized spacial score (nSPS) is 14.9. The second kappa shape index (κ2) is 10.9. The third-order valence-electron chi connectivity index (χ3n) is 10.5. The van der Waals surface area contributed by atoms with Gasteiger partial charge in [0.2, 0.25) is 0 Å². The van der Waals surface area contributed by atoms with Crippen LogP contribution in [0.1, 0.15) is 22.9 Å². The van der Waals surface area contributed by atoms with E-state index >= 15 is 0 Å². The number of nitrogens with zero attached hydrogens (tertiary/aromatic N) is 2. The number of furan rings is 1. The number of hydrogen-bond donors (Lipinski definition) is 1. The van der Waals surface area contributed by atoms with Crippen LogP contribution in [-0.4, -0.2) is 11.7 Å². The molecule has 1 N–H and O–H groups in total. The molecule has 1 aromatic heterocycles. The number of benzene rings is 8. The Labute approximate surface area is 294 Å². The molecule has 11 rings (SSSR count). The molecular weight excluding hydrogens is 623 g/mol. The van der Waals surface area contributed by atoms with Gasteiger partial charge in [-0.05, 0) is 84.8 Å². The molecule has 1 unspecified atom stereocenters. The first-order valence-corrected chi connectivity index (χ1v) is 17.4. The number of aliphatic imine (C=N–C) groups is 2. The minimum atomic E-state index is -0.367. The van der Waals surface area contributed by atoms with Crippen molar-refractivity contribution < 1.29 is 4.42 Å². The van der Waals surface area contributed by atoms with Crippen molar-refractivity contribution in [1.29, 1.82) is 0 Å². The Morgan fingerprint density at radius 1 is 0.451 bits per heavy atom. The number of hydrogen-bond acceptors (Lipinski definition) is 4. The molecule has 4 nitrogen and oxygen atoms in total. The number of nitrogens with one attached hydrogen (secondary N) is 1. The summed E-state index contributed by atoms with van der Waals surface area (Å²) in [6, 6.07) is 58.0. The molecule has 0 bridgehead atoms. The summed E-state index contributed by atoms with van der Waals surface area (Å²) in [6.07, 6.45) is -0.367. The van der Waals surface area contributed by atoms with Gasteiger partial charge >= 0.3 is 0 Å². The first-order valence-electron chi connectivity index (χ1n) is 17.4. The number of amidine groups is 2. The summed E-state index contributed by atoms with van der Waals surface area (Å²) in [5, 5.41) is 10.7. The molecular formula is C47H29N3O. The maximum Gasteiger partial charge on any atom is 0.160 e. The fraction of sp³-hybridized carbons (Fsp3) is 0.0213. The van der Waals surface area contributed by atoms with E-state index in [0.717, 1.165) is 50.0 Å². The van der Waals surface area contributed by atoms with E-state index in [9.17, 15) is 0 Å². The van der Waals surface area contributed by atoms with Gasteiger partial charge in [0.25, 0.3) is 0 Å². The average molecular weight is 652 g/mol. The van der Waals surface area contributed by atoms with Gasteiger partial charge in [0, 0.05) is 21.9 Å². The Kier molecular flexibility index (Phi) is 5.98. The lowest BCUT2D eigenvalue weighted by Gasteiger charge is -2.24. The maximum atomic E-state index is 6.28. The Balaban J connectivity index is 1.07. The van der Waals surface area contributed by atoms with Gasteiger partial charge in [0.1, 0.15) is 23.2 Å². The van der Waals surface area contributed by atoms with Crippen LogP contribution in [0.5, 0.6) is 0 Å². The monoisotopic (exact) mass is 651 g/mol. The van der Waals surface area contributed by atoms with Crippen LogP contribution in [0, 0.1) is 0 Å². The molecule has 0 saturated carbocycles. The van der Waals surface area contributed by atoms with E-state index in [0.29, 0.717) is 5.84 Å². The van der Waals surface area contributed by atoms with Gasteiger partial charge in [-0.1, -0.05) is 140 Å². The van der Waals surface area contributed by atoms with Gasteiger partial charge in [-0.3, -0.25) is 0 Å². The zero-order valence-electron chi connectivity index (χ0n) is 27.5. The zero-order valence-corrected chi connectivity index (χ0v) is 27.5. The minimum Gasteiger partial charge on any atom is -0.456 e. The van der Waals surface area contributed by atoms with E-state index in [1.807, 2.05) is 24.3 Å². The van der Waals surface area contributed by atoms with E-state index in [2.05, 4.69) is 145 Å². The van der Waals surface area contributed by atoms with Crippen molar-refractivity contribution >= 4 is 55.2 Å². The fourth-order valence-corrected chi connectivity index (χ4v) is 8.12. The molecule has 0 radical (unpaired) electrons. The van der Waals surface area contributed by atoms with Crippen LogP contribution in [-0.2, 0) is 0 Å². The van der Waals surface area contributed by atoms with Crippen LogP contribution >= 0.6 is 0 Å². The van der Waals surface area contributed by atoms with Crippen molar-refractivity contribution in [3.05, 3.63) is 180 Å². The molecule has 4 heteroatoms. The molecule has 8 aromatic carbocycles. The highest BCUT2D eigenvalue weighted by atomic mass is 16.3. The molecule has 1 aliphatic heterocycles. The van der Waals surface area contributed by atoms with Gasteiger partial charge < -0.3 is 9.73 Å². The number of para-hydroxylation sites is 1. The molecule has 9 aromatic rings. The Morgan fingerprint density at radius 2 is 1.14 bits per heavy atom. The summed E-state index contributed by atoms with van der Waals surface area (Å²) < 4.78 is 6.28. The van der Waals surface area contributed by atoms with E-state index < -0.39 is 0 Å². The summed E-state index contributed by atoms with van der Waals surface area (Å²) in [5.74, 6) is 1.46. The van der Waals surface area contributed by atoms with Crippen LogP contribution in [0.2, 0.25) is 0 Å². The molecule has 1 atom stereocenters. The van der Waals surface area contributed by atoms with Crippen LogP contribution in [0.4, 0.5) is 0 Å². The van der Waals surface area contributed by atoms with Crippen LogP contribution in [0.25, 0.3) is 76.9 Å². The molecule has 0 spiro atoms. The highest BCUT2D eigenvalue weighted by molar-refractivity contribution is 6.22. The predicted octanol–water partition coefficient (Wildman–Crippen LogP) is 11.7. The Morgan fingerprint density at radius 3 is 2.06 bits per heavy atom. The lowest BCUT2D eigenvalue weighted by molar-refractivity contribution is 0.668. The van der Waals surface area contributed by atoms with Crippen molar-refractivity contribution in [2.45, 2.75) is 6.17 Å². The Hall–Kier alpha value is -6.78. The molecule has 0 amide bonds. The second-order valence-electron chi connectivity index (χ2n) is 13.4. The van der Waals surface area contributed by atoms with Crippen molar-refractivity contribution in [3.8, 4) is 33.4 Å². The molecule has 1 aliphatic carbocycles. The fourth-order valence-electron chi connectivity index (χ4n) is 8.12. The molecule has 2 heterocycles. The highest BCUT2D eigenvalue weighted by Gasteiger charge is 2.25. The van der Waals surface area contributed by atoms with Crippen molar-refractivity contribution in [1.82, 2.24) is 5.32 Å². The number of rotatable bonds is 4. The maximum absolute atomic E-state index is 6.28. The van der Waals surface area contributed by atoms with Gasteiger partial charge in [-0.25, -0.2) is 9.98 Å². The lowest BCUT2D eigenvalue weighted by atomic mass is 9.93. The van der Waals surface area contributed by atoms with Crippen LogP contribution in [0.15, 0.2) is 178 Å². The third kappa shape index (κ3) is 4.33. The van der Waals surface area contributed by atoms with Crippen LogP contribution in [0.3, 0.4) is 0 Å². The van der Waals surface area contributed by atoms with Crippen LogP contribution < -0.4 is 5.32 Å². The molecule has 51 heavy (non-hydrogen) atoms. The zero-order chi connectivity index (χ0) is 33.5. The summed E-state index contributed by atoms with van der Waals surface area (Å²) >= 11 is 0. The van der Waals surface area contributed by atoms with E-state index in [-0.39, 0.29) is 6.17 Å². The standard InChI is InChI=1S/C47H29N3O/c1-2-11-29-26-32(23-22-28(29)10-1)46-48-45(49-47(50-46)40-19-9-21-42-44(40)39-16-5-6-20-41(39)51-42)31-13-7-12-30(27-31)33-24-25-38-35-15-4-3-14-34(35)37-18-8-17-36(33)43(37)38/h1-27,45H,(H,48,49,50). The lowest BCUT2D eigenvalue weighted by Crippen LogP contribution is -2.33. The molecule has 238 valence electrons. The quantitative estimate of drug-likeness (QED) is 0.206. The first-order chi connectivity index (χ1) is 25.3. The van der Waals surface area contributed by atoms with Gasteiger partial charge in [-0.15, -0.1) is 0 Å². The molecule has 0 saturated heterocycles. The van der Waals surface area contributed by atoms with E-state index in [1.54, 1.807) is 0 Å². The van der Waals surface area contributed by atoms with E-state index in [1.165, 1.54) is 49.4 Å². The third-order valence-corrected chi connectivity index (χ3v) is 10.5. The summed E-state index contributed by atoms with van der Waals surface area (Å²) in [6.45, 7) is 0. The van der Waals surface area contributed by atoms with Crippen molar-refractivity contribution in [2.24, 2.45) is 9.98 Å². The highest BCUT2D eigenvalue weighted by Crippen LogP contribution is 2.49. The van der Waals surface area contributed by atoms with Gasteiger partial charge in [0.15, 0.2) is 5.84 Å². The topological polar surface area (TPSA) is 49.9 Å². The molecule has 0 fully saturated rings. The second-order valence-corrected chi connectivity index (χ2v) is 13.4. The predicted molar refractivity (Wildman–Crippen MR) is 210 cm³/mol. The smallest absolute Gasteiger partial charge is 0.160 e. The SMILES string of the molecule is c1cc(-c2ccc3c4c(cccc24)-c2ccccc2-3)cc(C2N=C(c3cccc4oc5ccccc5c34)N=C(c3ccc4ccccc4c3)N2)c1. The average Bonchev–Trinajstić information content (AvgIpc) is 3.75. The van der Waals surface area contributed by atoms with E-state index in [4.69, 9.17) is 14.4 Å². The Bertz CT molecular complexity index is 2940. The summed E-state index contributed by atoms with van der Waals surface area (Å²) in [7, 11) is 0. The summed E-state index contributed by atoms with van der Waals surface area (Å²) in [5.41, 5.74) is 12.3. The minimum absolute atomic E-state index is 0.367. The van der Waals surface area contributed by atoms with Crippen molar-refractivity contribution in [2.75, 3.05) is 0 Å².